The third-order valence-electron chi connectivity index (χ3n) is 5.60. The Bertz CT molecular complexity index is 1460. The predicted octanol–water partition coefficient (Wildman–Crippen LogP) is 2.86. The number of nitrogens with zero attached hydrogens (tertiary/aromatic N) is 6. The molecule has 0 spiro atoms. The van der Waals surface area contributed by atoms with Gasteiger partial charge in [-0.1, -0.05) is 6.07 Å². The number of ether oxygens (including phenoxy) is 3. The molecule has 2 atom stereocenters. The molecule has 14 heteroatoms. The van der Waals surface area contributed by atoms with Crippen LogP contribution in [0.5, 0.6) is 11.5 Å². The lowest BCUT2D eigenvalue weighted by Gasteiger charge is -2.22. The number of rotatable bonds is 10. The number of aromatic nitrogens is 6. The van der Waals surface area contributed by atoms with Crippen LogP contribution in [0.4, 0.5) is 5.95 Å². The van der Waals surface area contributed by atoms with Crippen LogP contribution in [-0.4, -0.2) is 64.7 Å². The Balaban J connectivity index is 1.82. The summed E-state index contributed by atoms with van der Waals surface area (Å²) in [6.07, 6.45) is 3.64. The summed E-state index contributed by atoms with van der Waals surface area (Å²) < 4.78 is 53.0. The lowest BCUT2D eigenvalue weighted by molar-refractivity contribution is 0.0949. The van der Waals surface area contributed by atoms with Crippen LogP contribution in [0.1, 0.15) is 30.3 Å². The van der Waals surface area contributed by atoms with E-state index in [0.29, 0.717) is 28.8 Å². The number of sulfonamides is 1. The zero-order valence-corrected chi connectivity index (χ0v) is 22.0. The van der Waals surface area contributed by atoms with Crippen molar-refractivity contribution in [2.75, 3.05) is 26.1 Å². The average Bonchev–Trinajstić information content (AvgIpc) is 3.50. The SMILES string of the molecule is COc1cccc(OC)c1-n1c(NS(=O)(=O)[C@@H](C)[C@H](OC)c2ncc(C)cn2)nnc1-c1coc(C)n1. The molecule has 4 rings (SSSR count). The molecule has 0 aliphatic heterocycles. The van der Waals surface area contributed by atoms with Crippen LogP contribution < -0.4 is 14.2 Å². The molecule has 37 heavy (non-hydrogen) atoms. The van der Waals surface area contributed by atoms with Gasteiger partial charge in [0.25, 0.3) is 0 Å². The number of oxazole rings is 1. The van der Waals surface area contributed by atoms with Gasteiger partial charge in [-0.3, -0.25) is 9.29 Å². The van der Waals surface area contributed by atoms with E-state index in [-0.39, 0.29) is 17.6 Å². The highest BCUT2D eigenvalue weighted by atomic mass is 32.2. The minimum atomic E-state index is -4.12. The first-order valence-electron chi connectivity index (χ1n) is 11.1. The Morgan fingerprint density at radius 3 is 2.22 bits per heavy atom. The number of anilines is 1. The van der Waals surface area contributed by atoms with E-state index >= 15 is 0 Å². The third kappa shape index (κ3) is 5.11. The van der Waals surface area contributed by atoms with Crippen LogP contribution in [0.2, 0.25) is 0 Å². The van der Waals surface area contributed by atoms with Gasteiger partial charge in [0.15, 0.2) is 17.5 Å². The Kier molecular flexibility index (Phi) is 7.40. The van der Waals surface area contributed by atoms with Crippen LogP contribution >= 0.6 is 0 Å². The molecule has 3 aromatic heterocycles. The van der Waals surface area contributed by atoms with Gasteiger partial charge in [0.05, 0.1) is 14.2 Å². The molecular formula is C23H27N7O6S. The molecule has 0 fully saturated rings. The Hall–Kier alpha value is -4.04. The monoisotopic (exact) mass is 529 g/mol. The maximum Gasteiger partial charge on any atom is 0.243 e. The Morgan fingerprint density at radius 1 is 1.03 bits per heavy atom. The van der Waals surface area contributed by atoms with Gasteiger partial charge in [-0.05, 0) is 31.5 Å². The molecule has 1 aromatic carbocycles. The van der Waals surface area contributed by atoms with Gasteiger partial charge in [-0.25, -0.2) is 23.4 Å². The van der Waals surface area contributed by atoms with Crippen LogP contribution in [-0.2, 0) is 14.8 Å². The maximum absolute atomic E-state index is 13.6. The first-order chi connectivity index (χ1) is 17.7. The second-order valence-electron chi connectivity index (χ2n) is 8.07. The molecule has 0 unspecified atom stereocenters. The van der Waals surface area contributed by atoms with Gasteiger partial charge in [0, 0.05) is 26.4 Å². The van der Waals surface area contributed by atoms with Gasteiger partial charge in [-0.2, -0.15) is 0 Å². The van der Waals surface area contributed by atoms with E-state index in [9.17, 15) is 8.42 Å². The zero-order chi connectivity index (χ0) is 26.7. The molecule has 1 N–H and O–H groups in total. The van der Waals surface area contributed by atoms with Gasteiger partial charge >= 0.3 is 0 Å². The van der Waals surface area contributed by atoms with Crippen LogP contribution in [0.25, 0.3) is 17.2 Å². The first kappa shape index (κ1) is 26.0. The average molecular weight is 530 g/mol. The number of aryl methyl sites for hydroxylation is 2. The third-order valence-corrected chi connectivity index (χ3v) is 7.29. The number of methoxy groups -OCH3 is 3. The molecule has 13 nitrogen and oxygen atoms in total. The molecule has 0 amide bonds. The van der Waals surface area contributed by atoms with Crippen molar-refractivity contribution in [3.8, 4) is 28.7 Å². The van der Waals surface area contributed by atoms with Gasteiger partial charge in [-0.15, -0.1) is 10.2 Å². The molecule has 3 heterocycles. The van der Waals surface area contributed by atoms with Crippen molar-refractivity contribution in [2.24, 2.45) is 0 Å². The maximum atomic E-state index is 13.6. The summed E-state index contributed by atoms with van der Waals surface area (Å²) in [5, 5.41) is 7.22. The molecule has 196 valence electrons. The molecular weight excluding hydrogens is 502 g/mol. The predicted molar refractivity (Wildman–Crippen MR) is 133 cm³/mol. The summed E-state index contributed by atoms with van der Waals surface area (Å²) in [5.74, 6) is 1.49. The second kappa shape index (κ2) is 10.5. The highest BCUT2D eigenvalue weighted by Gasteiger charge is 2.35. The van der Waals surface area contributed by atoms with Crippen molar-refractivity contribution in [3.05, 3.63) is 54.1 Å². The van der Waals surface area contributed by atoms with Crippen LogP contribution in [0, 0.1) is 13.8 Å². The fourth-order valence-electron chi connectivity index (χ4n) is 3.69. The zero-order valence-electron chi connectivity index (χ0n) is 21.2. The van der Waals surface area contributed by atoms with Crippen molar-refractivity contribution in [1.29, 1.82) is 0 Å². The fourth-order valence-corrected chi connectivity index (χ4v) is 4.82. The molecule has 4 aromatic rings. The Labute approximate surface area is 213 Å². The largest absolute Gasteiger partial charge is 0.494 e. The standard InChI is InChI=1S/C23H27N7O6S/c1-13-10-24-21(25-11-13)20(35-6)14(2)37(31,32)29-23-28-27-22(16-12-36-15(3)26-16)30(23)19-17(33-4)8-7-9-18(19)34-5/h7-12,14,20H,1-6H3,(H,28,29)/t14-,20-/m0/s1. The lowest BCUT2D eigenvalue weighted by atomic mass is 10.2. The summed E-state index contributed by atoms with van der Waals surface area (Å²) in [7, 11) is 0.247. The highest BCUT2D eigenvalue weighted by Crippen LogP contribution is 2.38. The number of hydrogen-bond acceptors (Lipinski definition) is 11. The second-order valence-corrected chi connectivity index (χ2v) is 10.1. The van der Waals surface area contributed by atoms with Crippen molar-refractivity contribution in [2.45, 2.75) is 32.1 Å². The van der Waals surface area contributed by atoms with E-state index in [0.717, 1.165) is 5.56 Å². The lowest BCUT2D eigenvalue weighted by Crippen LogP contribution is -2.33. The van der Waals surface area contributed by atoms with E-state index in [1.54, 1.807) is 37.5 Å². The van der Waals surface area contributed by atoms with Gasteiger partial charge in [0.1, 0.15) is 40.5 Å². The van der Waals surface area contributed by atoms with E-state index in [1.165, 1.54) is 39.1 Å². The van der Waals surface area contributed by atoms with Crippen LogP contribution in [0.3, 0.4) is 0 Å². The van der Waals surface area contributed by atoms with E-state index in [4.69, 9.17) is 18.6 Å². The minimum absolute atomic E-state index is 0.120. The fraction of sp³-hybridized carbons (Fsp3) is 0.348. The Morgan fingerprint density at radius 2 is 1.68 bits per heavy atom. The molecule has 0 saturated heterocycles. The quantitative estimate of drug-likeness (QED) is 0.322. The van der Waals surface area contributed by atoms with E-state index < -0.39 is 21.4 Å². The highest BCUT2D eigenvalue weighted by molar-refractivity contribution is 7.93. The van der Waals surface area contributed by atoms with E-state index in [2.05, 4.69) is 29.9 Å². The molecule has 0 saturated carbocycles. The topological polar surface area (TPSA) is 156 Å². The molecule has 0 aliphatic carbocycles. The smallest absolute Gasteiger partial charge is 0.243 e. The number of benzene rings is 1. The normalized spacial score (nSPS) is 13.2. The van der Waals surface area contributed by atoms with Crippen molar-refractivity contribution in [1.82, 2.24) is 29.7 Å². The molecule has 0 bridgehead atoms. The van der Waals surface area contributed by atoms with Crippen molar-refractivity contribution in [3.63, 3.8) is 0 Å². The summed E-state index contributed by atoms with van der Waals surface area (Å²) in [4.78, 5) is 12.8. The number of para-hydroxylation sites is 1. The number of nitrogens with one attached hydrogen (secondary N) is 1. The van der Waals surface area contributed by atoms with E-state index in [1.807, 2.05) is 6.92 Å². The summed E-state index contributed by atoms with van der Waals surface area (Å²) in [6.45, 7) is 5.00. The van der Waals surface area contributed by atoms with Crippen LogP contribution in [0.15, 0.2) is 41.3 Å². The molecule has 0 radical (unpaired) electrons. The summed E-state index contributed by atoms with van der Waals surface area (Å²) >= 11 is 0. The number of hydrogen-bond donors (Lipinski definition) is 1. The first-order valence-corrected chi connectivity index (χ1v) is 12.7. The van der Waals surface area contributed by atoms with Crippen molar-refractivity contribution >= 4 is 16.0 Å². The summed E-state index contributed by atoms with van der Waals surface area (Å²) in [5.41, 5.74) is 1.53. The van der Waals surface area contributed by atoms with Gasteiger partial charge in [0.2, 0.25) is 16.0 Å². The molecule has 0 aliphatic rings. The minimum Gasteiger partial charge on any atom is -0.494 e. The van der Waals surface area contributed by atoms with Gasteiger partial charge < -0.3 is 18.6 Å². The van der Waals surface area contributed by atoms with Crippen molar-refractivity contribution < 1.29 is 27.0 Å². The summed E-state index contributed by atoms with van der Waals surface area (Å²) in [6, 6.07) is 5.14.